The molecule has 0 saturated carbocycles. The van der Waals surface area contributed by atoms with Crippen molar-refractivity contribution in [2.24, 2.45) is 5.41 Å². The summed E-state index contributed by atoms with van der Waals surface area (Å²) in [5.41, 5.74) is 1.74. The monoisotopic (exact) mass is 192 g/mol. The summed E-state index contributed by atoms with van der Waals surface area (Å²) >= 11 is 0. The molecule has 1 rings (SSSR count). The van der Waals surface area contributed by atoms with Crippen LogP contribution in [0.3, 0.4) is 0 Å². The molecule has 0 aliphatic carbocycles. The number of phenolic OH excluding ortho intramolecular Hbond substituents is 1. The number of phenols is 1. The highest BCUT2D eigenvalue weighted by Gasteiger charge is 2.14. The minimum absolute atomic E-state index is 0.350. The minimum atomic E-state index is 0.350. The Morgan fingerprint density at radius 1 is 1.14 bits per heavy atom. The molecule has 0 heterocycles. The molecule has 1 nitrogen and oxygen atoms in total. The van der Waals surface area contributed by atoms with Gasteiger partial charge < -0.3 is 5.11 Å². The molecule has 0 saturated heterocycles. The maximum Gasteiger partial charge on any atom is 0.115 e. The van der Waals surface area contributed by atoms with E-state index in [4.69, 9.17) is 5.11 Å². The van der Waals surface area contributed by atoms with Crippen molar-refractivity contribution in [3.63, 3.8) is 0 Å². The maximum absolute atomic E-state index is 9.13. The van der Waals surface area contributed by atoms with Gasteiger partial charge in [-0.1, -0.05) is 39.3 Å². The maximum atomic E-state index is 9.13. The molecule has 1 aromatic carbocycles. The lowest BCUT2D eigenvalue weighted by Gasteiger charge is -2.22. The second-order valence-electron chi connectivity index (χ2n) is 4.68. The molecule has 0 radical (unpaired) electrons. The molecular weight excluding hydrogens is 172 g/mol. The molecule has 0 bridgehead atoms. The largest absolute Gasteiger partial charge is 0.508 e. The van der Waals surface area contributed by atoms with Crippen molar-refractivity contribution in [3.8, 4) is 5.75 Å². The number of benzene rings is 1. The van der Waals surface area contributed by atoms with Crippen LogP contribution in [-0.2, 0) is 6.42 Å². The van der Waals surface area contributed by atoms with Crippen LogP contribution in [0.5, 0.6) is 5.75 Å². The molecule has 1 N–H and O–H groups in total. The summed E-state index contributed by atoms with van der Waals surface area (Å²) in [6, 6.07) is 7.52. The van der Waals surface area contributed by atoms with Crippen LogP contribution in [0.1, 0.15) is 39.2 Å². The van der Waals surface area contributed by atoms with E-state index >= 15 is 0 Å². The van der Waals surface area contributed by atoms with Crippen LogP contribution in [0.2, 0.25) is 0 Å². The van der Waals surface area contributed by atoms with E-state index in [9.17, 15) is 0 Å². The van der Waals surface area contributed by atoms with Crippen LogP contribution >= 0.6 is 0 Å². The molecule has 0 spiro atoms. The van der Waals surface area contributed by atoms with Crippen molar-refractivity contribution in [2.75, 3.05) is 0 Å². The van der Waals surface area contributed by atoms with Crippen molar-refractivity contribution in [1.29, 1.82) is 0 Å². The highest BCUT2D eigenvalue weighted by molar-refractivity contribution is 5.25. The Bertz CT molecular complexity index is 272. The van der Waals surface area contributed by atoms with Gasteiger partial charge in [0.2, 0.25) is 0 Å². The van der Waals surface area contributed by atoms with Gasteiger partial charge in [0.25, 0.3) is 0 Å². The van der Waals surface area contributed by atoms with Crippen molar-refractivity contribution in [3.05, 3.63) is 29.8 Å². The van der Waals surface area contributed by atoms with E-state index < -0.39 is 0 Å². The van der Waals surface area contributed by atoms with Gasteiger partial charge in [-0.05, 0) is 36.0 Å². The van der Waals surface area contributed by atoms with E-state index in [1.54, 1.807) is 12.1 Å². The highest BCUT2D eigenvalue weighted by atomic mass is 16.3. The summed E-state index contributed by atoms with van der Waals surface area (Å²) in [5.74, 6) is 0.350. The molecule has 0 fully saturated rings. The summed E-state index contributed by atoms with van der Waals surface area (Å²) in [6.45, 7) is 6.83. The van der Waals surface area contributed by atoms with Crippen LogP contribution in [0.4, 0.5) is 0 Å². The lowest BCUT2D eigenvalue weighted by atomic mass is 9.84. The van der Waals surface area contributed by atoms with Crippen LogP contribution < -0.4 is 0 Å². The summed E-state index contributed by atoms with van der Waals surface area (Å²) in [4.78, 5) is 0. The standard InChI is InChI=1S/C13H20O/c1-4-13(2,3)10-9-11-5-7-12(14)8-6-11/h5-8,14H,4,9-10H2,1-3H3. The third kappa shape index (κ3) is 3.41. The van der Waals surface area contributed by atoms with Crippen molar-refractivity contribution in [2.45, 2.75) is 40.0 Å². The molecule has 14 heavy (non-hydrogen) atoms. The van der Waals surface area contributed by atoms with Crippen LogP contribution in [0.25, 0.3) is 0 Å². The fourth-order valence-electron chi connectivity index (χ4n) is 1.32. The predicted octanol–water partition coefficient (Wildman–Crippen LogP) is 3.76. The lowest BCUT2D eigenvalue weighted by molar-refractivity contribution is 0.322. The average molecular weight is 192 g/mol. The van der Waals surface area contributed by atoms with E-state index in [2.05, 4.69) is 20.8 Å². The summed E-state index contributed by atoms with van der Waals surface area (Å²) in [6.07, 6.45) is 3.51. The van der Waals surface area contributed by atoms with E-state index in [1.165, 1.54) is 18.4 Å². The summed E-state index contributed by atoms with van der Waals surface area (Å²) in [7, 11) is 0. The lowest BCUT2D eigenvalue weighted by Crippen LogP contribution is -2.10. The second-order valence-corrected chi connectivity index (χ2v) is 4.68. The number of rotatable bonds is 4. The molecule has 0 aromatic heterocycles. The Labute approximate surface area is 86.8 Å². The summed E-state index contributed by atoms with van der Waals surface area (Å²) < 4.78 is 0. The van der Waals surface area contributed by atoms with Gasteiger partial charge >= 0.3 is 0 Å². The van der Waals surface area contributed by atoms with Crippen molar-refractivity contribution >= 4 is 0 Å². The Morgan fingerprint density at radius 3 is 2.21 bits per heavy atom. The SMILES string of the molecule is CCC(C)(C)CCc1ccc(O)cc1. The molecule has 78 valence electrons. The zero-order valence-corrected chi connectivity index (χ0v) is 9.38. The molecule has 0 atom stereocenters. The first-order chi connectivity index (χ1) is 6.53. The van der Waals surface area contributed by atoms with Gasteiger partial charge in [0.05, 0.1) is 0 Å². The van der Waals surface area contributed by atoms with Gasteiger partial charge in [-0.2, -0.15) is 0 Å². The molecule has 0 unspecified atom stereocenters. The Morgan fingerprint density at radius 2 is 1.71 bits per heavy atom. The van der Waals surface area contributed by atoms with Crippen LogP contribution in [0.15, 0.2) is 24.3 Å². The quantitative estimate of drug-likeness (QED) is 0.770. The normalized spacial score (nSPS) is 11.6. The topological polar surface area (TPSA) is 20.2 Å². The molecule has 1 heteroatoms. The Hall–Kier alpha value is -0.980. The van der Waals surface area contributed by atoms with E-state index in [-0.39, 0.29) is 0 Å². The molecule has 0 amide bonds. The first-order valence-corrected chi connectivity index (χ1v) is 5.31. The van der Waals surface area contributed by atoms with Gasteiger partial charge in [0.15, 0.2) is 0 Å². The number of aryl methyl sites for hydroxylation is 1. The number of aromatic hydroxyl groups is 1. The first-order valence-electron chi connectivity index (χ1n) is 5.31. The van der Waals surface area contributed by atoms with Gasteiger partial charge in [-0.15, -0.1) is 0 Å². The van der Waals surface area contributed by atoms with E-state index in [1.807, 2.05) is 12.1 Å². The number of hydrogen-bond donors (Lipinski definition) is 1. The van der Waals surface area contributed by atoms with E-state index in [0.717, 1.165) is 6.42 Å². The molecular formula is C13H20O. The number of hydrogen-bond acceptors (Lipinski definition) is 1. The summed E-state index contributed by atoms with van der Waals surface area (Å²) in [5, 5.41) is 9.13. The van der Waals surface area contributed by atoms with Crippen molar-refractivity contribution < 1.29 is 5.11 Å². The fraction of sp³-hybridized carbons (Fsp3) is 0.538. The highest BCUT2D eigenvalue weighted by Crippen LogP contribution is 2.26. The smallest absolute Gasteiger partial charge is 0.115 e. The fourth-order valence-corrected chi connectivity index (χ4v) is 1.32. The van der Waals surface area contributed by atoms with E-state index in [0.29, 0.717) is 11.2 Å². The van der Waals surface area contributed by atoms with Gasteiger partial charge in [-0.3, -0.25) is 0 Å². The van der Waals surface area contributed by atoms with Gasteiger partial charge in [0.1, 0.15) is 5.75 Å². The first kappa shape index (κ1) is 11.1. The Kier molecular flexibility index (Phi) is 3.56. The van der Waals surface area contributed by atoms with Gasteiger partial charge in [-0.25, -0.2) is 0 Å². The van der Waals surface area contributed by atoms with Gasteiger partial charge in [0, 0.05) is 0 Å². The average Bonchev–Trinajstić information content (AvgIpc) is 2.17. The molecule has 1 aromatic rings. The molecule has 0 aliphatic heterocycles. The van der Waals surface area contributed by atoms with Crippen LogP contribution in [-0.4, -0.2) is 5.11 Å². The minimum Gasteiger partial charge on any atom is -0.508 e. The van der Waals surface area contributed by atoms with Crippen molar-refractivity contribution in [1.82, 2.24) is 0 Å². The zero-order valence-electron chi connectivity index (χ0n) is 9.38. The molecule has 0 aliphatic rings. The Balaban J connectivity index is 2.50. The third-order valence-electron chi connectivity index (χ3n) is 2.98. The predicted molar refractivity (Wildman–Crippen MR) is 60.5 cm³/mol. The zero-order chi connectivity index (χ0) is 10.6. The second kappa shape index (κ2) is 4.50. The van der Waals surface area contributed by atoms with Crippen LogP contribution in [0, 0.1) is 5.41 Å². The third-order valence-corrected chi connectivity index (χ3v) is 2.98.